The molecule has 0 spiro atoms. The predicted molar refractivity (Wildman–Crippen MR) is 81.8 cm³/mol. The summed E-state index contributed by atoms with van der Waals surface area (Å²) in [5.41, 5.74) is 0.827. The molecule has 1 aromatic heterocycles. The van der Waals surface area contributed by atoms with E-state index in [4.69, 9.17) is 0 Å². The zero-order valence-electron chi connectivity index (χ0n) is 12.3. The van der Waals surface area contributed by atoms with Crippen LogP contribution in [0.1, 0.15) is 32.6 Å². The molecular formula is C17H20FN3. The SMILES string of the molecule is CC1CN(c2ncnc3ccc(F)cc23)C2CCCCC12. The van der Waals surface area contributed by atoms with Gasteiger partial charge in [0.2, 0.25) is 0 Å². The highest BCUT2D eigenvalue weighted by atomic mass is 19.1. The highest BCUT2D eigenvalue weighted by Gasteiger charge is 2.41. The van der Waals surface area contributed by atoms with Gasteiger partial charge < -0.3 is 4.90 Å². The third-order valence-corrected chi connectivity index (χ3v) is 5.25. The predicted octanol–water partition coefficient (Wildman–Crippen LogP) is 3.78. The molecule has 2 fully saturated rings. The van der Waals surface area contributed by atoms with Gasteiger partial charge in [-0.15, -0.1) is 0 Å². The fourth-order valence-corrected chi connectivity index (χ4v) is 4.26. The average molecular weight is 285 g/mol. The van der Waals surface area contributed by atoms with Crippen molar-refractivity contribution < 1.29 is 4.39 Å². The molecule has 1 aliphatic heterocycles. The number of fused-ring (bicyclic) bond motifs is 2. The van der Waals surface area contributed by atoms with Crippen LogP contribution >= 0.6 is 0 Å². The molecule has 0 N–H and O–H groups in total. The van der Waals surface area contributed by atoms with Gasteiger partial charge in [0.1, 0.15) is 18.0 Å². The molecule has 3 nitrogen and oxygen atoms in total. The number of hydrogen-bond donors (Lipinski definition) is 0. The lowest BCUT2D eigenvalue weighted by Crippen LogP contribution is -2.35. The number of halogens is 1. The Balaban J connectivity index is 1.81. The molecule has 3 atom stereocenters. The summed E-state index contributed by atoms with van der Waals surface area (Å²) >= 11 is 0. The van der Waals surface area contributed by atoms with Crippen molar-refractivity contribution in [2.45, 2.75) is 38.6 Å². The summed E-state index contributed by atoms with van der Waals surface area (Å²) < 4.78 is 13.6. The van der Waals surface area contributed by atoms with Gasteiger partial charge in [0.05, 0.1) is 5.52 Å². The van der Waals surface area contributed by atoms with E-state index in [0.29, 0.717) is 12.0 Å². The summed E-state index contributed by atoms with van der Waals surface area (Å²) in [6.07, 6.45) is 6.80. The Morgan fingerprint density at radius 1 is 1.19 bits per heavy atom. The normalized spacial score (nSPS) is 28.9. The zero-order valence-corrected chi connectivity index (χ0v) is 12.3. The van der Waals surface area contributed by atoms with Gasteiger partial charge in [0.15, 0.2) is 0 Å². The van der Waals surface area contributed by atoms with E-state index < -0.39 is 0 Å². The van der Waals surface area contributed by atoms with Crippen LogP contribution in [0.2, 0.25) is 0 Å². The Hall–Kier alpha value is -1.71. The van der Waals surface area contributed by atoms with Gasteiger partial charge >= 0.3 is 0 Å². The molecule has 2 aliphatic rings. The lowest BCUT2D eigenvalue weighted by Gasteiger charge is -2.33. The largest absolute Gasteiger partial charge is 0.352 e. The van der Waals surface area contributed by atoms with Gasteiger partial charge in [0.25, 0.3) is 0 Å². The molecule has 21 heavy (non-hydrogen) atoms. The van der Waals surface area contributed by atoms with Crippen molar-refractivity contribution in [2.75, 3.05) is 11.4 Å². The summed E-state index contributed by atoms with van der Waals surface area (Å²) in [6, 6.07) is 5.35. The minimum Gasteiger partial charge on any atom is -0.352 e. The number of rotatable bonds is 1. The summed E-state index contributed by atoms with van der Waals surface area (Å²) in [4.78, 5) is 11.2. The Morgan fingerprint density at radius 3 is 2.95 bits per heavy atom. The molecule has 0 radical (unpaired) electrons. The molecule has 1 saturated heterocycles. The van der Waals surface area contributed by atoms with Crippen molar-refractivity contribution >= 4 is 16.7 Å². The van der Waals surface area contributed by atoms with E-state index in [-0.39, 0.29) is 5.82 Å². The molecule has 2 heterocycles. The van der Waals surface area contributed by atoms with E-state index in [9.17, 15) is 4.39 Å². The first-order valence-electron chi connectivity index (χ1n) is 7.91. The summed E-state index contributed by atoms with van der Waals surface area (Å²) in [5.74, 6) is 2.15. The molecule has 4 rings (SSSR count). The highest BCUT2D eigenvalue weighted by Crippen LogP contribution is 2.42. The van der Waals surface area contributed by atoms with Gasteiger partial charge in [-0.2, -0.15) is 0 Å². The van der Waals surface area contributed by atoms with Crippen LogP contribution in [-0.2, 0) is 0 Å². The number of benzene rings is 1. The number of nitrogens with zero attached hydrogens (tertiary/aromatic N) is 3. The molecular weight excluding hydrogens is 265 g/mol. The second-order valence-corrected chi connectivity index (χ2v) is 6.50. The Morgan fingerprint density at radius 2 is 2.05 bits per heavy atom. The van der Waals surface area contributed by atoms with Crippen LogP contribution in [0.25, 0.3) is 10.9 Å². The van der Waals surface area contributed by atoms with Crippen molar-refractivity contribution in [1.29, 1.82) is 0 Å². The van der Waals surface area contributed by atoms with E-state index in [1.807, 2.05) is 0 Å². The third-order valence-electron chi connectivity index (χ3n) is 5.25. The van der Waals surface area contributed by atoms with Crippen molar-refractivity contribution in [3.05, 3.63) is 30.3 Å². The summed E-state index contributed by atoms with van der Waals surface area (Å²) in [5, 5.41) is 0.843. The fourth-order valence-electron chi connectivity index (χ4n) is 4.26. The molecule has 1 saturated carbocycles. The molecule has 1 aliphatic carbocycles. The summed E-state index contributed by atoms with van der Waals surface area (Å²) in [6.45, 7) is 3.37. The van der Waals surface area contributed by atoms with Crippen LogP contribution in [0, 0.1) is 17.7 Å². The third kappa shape index (κ3) is 2.08. The molecule has 3 unspecified atom stereocenters. The van der Waals surface area contributed by atoms with E-state index in [1.54, 1.807) is 18.5 Å². The molecule has 0 amide bonds. The molecule has 110 valence electrons. The van der Waals surface area contributed by atoms with Gasteiger partial charge in [-0.25, -0.2) is 14.4 Å². The zero-order chi connectivity index (χ0) is 14.4. The van der Waals surface area contributed by atoms with Crippen LogP contribution in [0.3, 0.4) is 0 Å². The van der Waals surface area contributed by atoms with Crippen LogP contribution in [0.15, 0.2) is 24.5 Å². The summed E-state index contributed by atoms with van der Waals surface area (Å²) in [7, 11) is 0. The fraction of sp³-hybridized carbons (Fsp3) is 0.529. The Labute approximate surface area is 124 Å². The topological polar surface area (TPSA) is 29.0 Å². The number of hydrogen-bond acceptors (Lipinski definition) is 3. The Bertz CT molecular complexity index is 672. The van der Waals surface area contributed by atoms with Crippen molar-refractivity contribution in [1.82, 2.24) is 9.97 Å². The van der Waals surface area contributed by atoms with Crippen molar-refractivity contribution in [3.8, 4) is 0 Å². The molecule has 1 aromatic carbocycles. The maximum absolute atomic E-state index is 13.6. The van der Waals surface area contributed by atoms with Crippen molar-refractivity contribution in [3.63, 3.8) is 0 Å². The first kappa shape index (κ1) is 13.0. The minimum absolute atomic E-state index is 0.217. The van der Waals surface area contributed by atoms with Crippen LogP contribution in [0.5, 0.6) is 0 Å². The quantitative estimate of drug-likeness (QED) is 0.798. The van der Waals surface area contributed by atoms with E-state index >= 15 is 0 Å². The van der Waals surface area contributed by atoms with E-state index in [1.165, 1.54) is 31.7 Å². The highest BCUT2D eigenvalue weighted by molar-refractivity contribution is 5.89. The monoisotopic (exact) mass is 285 g/mol. The smallest absolute Gasteiger partial charge is 0.140 e. The first-order chi connectivity index (χ1) is 10.2. The van der Waals surface area contributed by atoms with Gasteiger partial charge in [0, 0.05) is 18.0 Å². The average Bonchev–Trinajstić information content (AvgIpc) is 2.84. The molecule has 4 heteroatoms. The minimum atomic E-state index is -0.217. The van der Waals surface area contributed by atoms with Crippen molar-refractivity contribution in [2.24, 2.45) is 11.8 Å². The van der Waals surface area contributed by atoms with Crippen LogP contribution < -0.4 is 4.90 Å². The van der Waals surface area contributed by atoms with Gasteiger partial charge in [-0.3, -0.25) is 0 Å². The van der Waals surface area contributed by atoms with Gasteiger partial charge in [-0.1, -0.05) is 19.8 Å². The molecule has 2 aromatic rings. The maximum atomic E-state index is 13.6. The Kier molecular flexibility index (Phi) is 3.05. The second kappa shape index (κ2) is 4.93. The standard InChI is InChI=1S/C17H20FN3/c1-11-9-21(16-5-3-2-4-13(11)16)17-14-8-12(18)6-7-15(14)19-10-20-17/h6-8,10-11,13,16H,2-5,9H2,1H3. The lowest BCUT2D eigenvalue weighted by atomic mass is 9.80. The van der Waals surface area contributed by atoms with Crippen LogP contribution in [-0.4, -0.2) is 22.6 Å². The second-order valence-electron chi connectivity index (χ2n) is 6.50. The lowest BCUT2D eigenvalue weighted by molar-refractivity contribution is 0.293. The maximum Gasteiger partial charge on any atom is 0.140 e. The first-order valence-corrected chi connectivity index (χ1v) is 7.91. The molecule has 0 bridgehead atoms. The number of anilines is 1. The van der Waals surface area contributed by atoms with Gasteiger partial charge in [-0.05, 0) is 42.9 Å². The van der Waals surface area contributed by atoms with Crippen LogP contribution in [0.4, 0.5) is 10.2 Å². The number of aromatic nitrogens is 2. The van der Waals surface area contributed by atoms with E-state index in [0.717, 1.165) is 29.2 Å². The van der Waals surface area contributed by atoms with E-state index in [2.05, 4.69) is 21.8 Å².